The molecule has 0 aromatic carbocycles. The molecule has 8 nitrogen and oxygen atoms in total. The van der Waals surface area contributed by atoms with E-state index < -0.39 is 0 Å². The number of hydrogen-bond donors (Lipinski definition) is 0. The molecular weight excluding hydrogens is 360 g/mol. The van der Waals surface area contributed by atoms with Crippen LogP contribution < -0.4 is 0 Å². The lowest BCUT2D eigenvalue weighted by Gasteiger charge is -2.38. The van der Waals surface area contributed by atoms with Crippen LogP contribution in [0.25, 0.3) is 0 Å². The predicted molar refractivity (Wildman–Crippen MR) is 102 cm³/mol. The first-order valence-corrected chi connectivity index (χ1v) is 9.96. The highest BCUT2D eigenvalue weighted by Gasteiger charge is 2.34. The summed E-state index contributed by atoms with van der Waals surface area (Å²) in [7, 11) is 0. The Balaban J connectivity index is 1.50. The summed E-state index contributed by atoms with van der Waals surface area (Å²) in [5.74, 6) is 0.0153. The minimum absolute atomic E-state index is 0.0823. The highest BCUT2D eigenvalue weighted by Crippen LogP contribution is 2.21. The minimum atomic E-state index is -0.321. The molecule has 2 aliphatic heterocycles. The Labute approximate surface area is 165 Å². The van der Waals surface area contributed by atoms with Gasteiger partial charge in [0, 0.05) is 64.0 Å². The molecule has 0 N–H and O–H groups in total. The van der Waals surface area contributed by atoms with E-state index in [-0.39, 0.29) is 23.8 Å². The van der Waals surface area contributed by atoms with Crippen LogP contribution in [-0.4, -0.2) is 83.5 Å². The SMILES string of the molecule is CCOC(=O)N1CCN(C(=O)C2CCC(=O)N(CCc3ccccn3)C2)CC1. The van der Waals surface area contributed by atoms with E-state index in [0.717, 1.165) is 5.69 Å². The topological polar surface area (TPSA) is 83.0 Å². The summed E-state index contributed by atoms with van der Waals surface area (Å²) < 4.78 is 5.02. The zero-order valence-electron chi connectivity index (χ0n) is 16.4. The van der Waals surface area contributed by atoms with Crippen molar-refractivity contribution in [3.63, 3.8) is 0 Å². The number of carbonyl (C=O) groups is 3. The van der Waals surface area contributed by atoms with Crippen LogP contribution >= 0.6 is 0 Å². The molecule has 1 atom stereocenters. The predicted octanol–water partition coefficient (Wildman–Crippen LogP) is 1.16. The van der Waals surface area contributed by atoms with E-state index in [1.807, 2.05) is 23.1 Å². The Morgan fingerprint density at radius 1 is 1.18 bits per heavy atom. The van der Waals surface area contributed by atoms with Gasteiger partial charge in [0.1, 0.15) is 0 Å². The van der Waals surface area contributed by atoms with Crippen LogP contribution in [0.4, 0.5) is 4.79 Å². The number of piperazine rings is 1. The first kappa shape index (κ1) is 20.1. The number of amides is 3. The van der Waals surface area contributed by atoms with Crippen molar-refractivity contribution in [3.8, 4) is 0 Å². The van der Waals surface area contributed by atoms with Crippen molar-refractivity contribution in [3.05, 3.63) is 30.1 Å². The summed E-state index contributed by atoms with van der Waals surface area (Å²) in [4.78, 5) is 46.5. The smallest absolute Gasteiger partial charge is 0.409 e. The quantitative estimate of drug-likeness (QED) is 0.756. The number of nitrogens with zero attached hydrogens (tertiary/aromatic N) is 4. The molecule has 0 saturated carbocycles. The fourth-order valence-corrected chi connectivity index (χ4v) is 3.71. The molecule has 0 aliphatic carbocycles. The molecule has 152 valence electrons. The van der Waals surface area contributed by atoms with E-state index in [1.54, 1.807) is 22.9 Å². The number of ether oxygens (including phenoxy) is 1. The van der Waals surface area contributed by atoms with Crippen molar-refractivity contribution in [2.24, 2.45) is 5.92 Å². The van der Waals surface area contributed by atoms with E-state index in [1.165, 1.54) is 0 Å². The number of hydrogen-bond acceptors (Lipinski definition) is 5. The van der Waals surface area contributed by atoms with Crippen molar-refractivity contribution < 1.29 is 19.1 Å². The van der Waals surface area contributed by atoms with Crippen LogP contribution in [0.5, 0.6) is 0 Å². The summed E-state index contributed by atoms with van der Waals surface area (Å²) >= 11 is 0. The first-order valence-electron chi connectivity index (χ1n) is 9.96. The number of piperidine rings is 1. The van der Waals surface area contributed by atoms with E-state index in [2.05, 4.69) is 4.98 Å². The Kier molecular flexibility index (Phi) is 6.84. The summed E-state index contributed by atoms with van der Waals surface area (Å²) in [6.07, 6.45) is 3.11. The standard InChI is InChI=1S/C20H28N4O4/c1-2-28-20(27)23-13-11-22(12-14-23)19(26)16-6-7-18(25)24(15-16)10-8-17-5-3-4-9-21-17/h3-5,9,16H,2,6-8,10-15H2,1H3. The second-order valence-corrected chi connectivity index (χ2v) is 7.16. The highest BCUT2D eigenvalue weighted by atomic mass is 16.6. The van der Waals surface area contributed by atoms with Crippen molar-refractivity contribution in [1.82, 2.24) is 19.7 Å². The molecule has 3 amide bonds. The number of likely N-dealkylation sites (tertiary alicyclic amines) is 1. The molecule has 2 saturated heterocycles. The lowest BCUT2D eigenvalue weighted by Crippen LogP contribution is -2.54. The van der Waals surface area contributed by atoms with Gasteiger partial charge < -0.3 is 19.4 Å². The molecule has 1 aromatic heterocycles. The fourth-order valence-electron chi connectivity index (χ4n) is 3.71. The van der Waals surface area contributed by atoms with Gasteiger partial charge in [0.25, 0.3) is 0 Å². The second kappa shape index (κ2) is 9.52. The molecule has 2 aliphatic rings. The van der Waals surface area contributed by atoms with Gasteiger partial charge in [-0.1, -0.05) is 6.07 Å². The van der Waals surface area contributed by atoms with Crippen LogP contribution in [0, 0.1) is 5.92 Å². The van der Waals surface area contributed by atoms with Crippen LogP contribution in [-0.2, 0) is 20.7 Å². The third-order valence-corrected chi connectivity index (χ3v) is 5.33. The van der Waals surface area contributed by atoms with E-state index in [4.69, 9.17) is 4.74 Å². The molecular formula is C20H28N4O4. The number of carbonyl (C=O) groups excluding carboxylic acids is 3. The molecule has 28 heavy (non-hydrogen) atoms. The van der Waals surface area contributed by atoms with Crippen molar-refractivity contribution in [2.45, 2.75) is 26.2 Å². The monoisotopic (exact) mass is 388 g/mol. The van der Waals surface area contributed by atoms with Crippen molar-refractivity contribution in [2.75, 3.05) is 45.9 Å². The third-order valence-electron chi connectivity index (χ3n) is 5.33. The maximum absolute atomic E-state index is 12.9. The second-order valence-electron chi connectivity index (χ2n) is 7.16. The van der Waals surface area contributed by atoms with Gasteiger partial charge in [0.15, 0.2) is 0 Å². The van der Waals surface area contributed by atoms with E-state index in [0.29, 0.717) is 65.1 Å². The molecule has 0 spiro atoms. The van der Waals surface area contributed by atoms with E-state index >= 15 is 0 Å². The lowest BCUT2D eigenvalue weighted by atomic mass is 9.95. The number of aromatic nitrogens is 1. The van der Waals surface area contributed by atoms with Gasteiger partial charge in [-0.15, -0.1) is 0 Å². The lowest BCUT2D eigenvalue weighted by molar-refractivity contribution is -0.144. The number of rotatable bonds is 5. The van der Waals surface area contributed by atoms with Crippen LogP contribution in [0.2, 0.25) is 0 Å². The largest absolute Gasteiger partial charge is 0.450 e. The Morgan fingerprint density at radius 2 is 1.93 bits per heavy atom. The highest BCUT2D eigenvalue weighted by molar-refractivity contribution is 5.84. The summed E-state index contributed by atoms with van der Waals surface area (Å²) in [5, 5.41) is 0. The van der Waals surface area contributed by atoms with Crippen LogP contribution in [0.1, 0.15) is 25.5 Å². The Morgan fingerprint density at radius 3 is 2.61 bits per heavy atom. The van der Waals surface area contributed by atoms with E-state index in [9.17, 15) is 14.4 Å². The van der Waals surface area contributed by atoms with Gasteiger partial charge in [0.2, 0.25) is 11.8 Å². The van der Waals surface area contributed by atoms with Crippen LogP contribution in [0.15, 0.2) is 24.4 Å². The zero-order valence-corrected chi connectivity index (χ0v) is 16.4. The maximum atomic E-state index is 12.9. The van der Waals surface area contributed by atoms with Gasteiger partial charge >= 0.3 is 6.09 Å². The van der Waals surface area contributed by atoms with Crippen LogP contribution in [0.3, 0.4) is 0 Å². The molecule has 8 heteroatoms. The Bertz CT molecular complexity index is 689. The maximum Gasteiger partial charge on any atom is 0.409 e. The van der Waals surface area contributed by atoms with Gasteiger partial charge in [0.05, 0.1) is 12.5 Å². The van der Waals surface area contributed by atoms with Gasteiger partial charge in [-0.3, -0.25) is 14.6 Å². The first-order chi connectivity index (χ1) is 13.6. The van der Waals surface area contributed by atoms with Gasteiger partial charge in [-0.25, -0.2) is 4.79 Å². The average Bonchev–Trinajstić information content (AvgIpc) is 2.73. The molecule has 0 bridgehead atoms. The van der Waals surface area contributed by atoms with Gasteiger partial charge in [-0.05, 0) is 25.5 Å². The summed E-state index contributed by atoms with van der Waals surface area (Å²) in [6.45, 7) is 5.16. The average molecular weight is 388 g/mol. The van der Waals surface area contributed by atoms with Crippen molar-refractivity contribution in [1.29, 1.82) is 0 Å². The summed E-state index contributed by atoms with van der Waals surface area (Å²) in [5.41, 5.74) is 0.943. The fraction of sp³-hybridized carbons (Fsp3) is 0.600. The number of pyridine rings is 1. The third kappa shape index (κ3) is 4.99. The van der Waals surface area contributed by atoms with Gasteiger partial charge in [-0.2, -0.15) is 0 Å². The zero-order chi connectivity index (χ0) is 19.9. The normalized spacial score (nSPS) is 20.2. The molecule has 3 heterocycles. The Hall–Kier alpha value is -2.64. The van der Waals surface area contributed by atoms with Crippen molar-refractivity contribution >= 4 is 17.9 Å². The summed E-state index contributed by atoms with van der Waals surface area (Å²) in [6, 6.07) is 5.74. The molecule has 2 fully saturated rings. The molecule has 1 aromatic rings. The molecule has 3 rings (SSSR count). The minimum Gasteiger partial charge on any atom is -0.450 e. The molecule has 0 radical (unpaired) electrons. The molecule has 1 unspecified atom stereocenters.